The lowest BCUT2D eigenvalue weighted by Crippen LogP contribution is -2.13. The van der Waals surface area contributed by atoms with Crippen molar-refractivity contribution in [3.05, 3.63) is 57.7 Å². The molecule has 0 aliphatic heterocycles. The molecule has 3 rings (SSSR count). The fraction of sp³-hybridized carbons (Fsp3) is 0.167. The summed E-state index contributed by atoms with van der Waals surface area (Å²) in [6.45, 7) is 5.50. The van der Waals surface area contributed by atoms with Crippen molar-refractivity contribution >= 4 is 22.2 Å². The van der Waals surface area contributed by atoms with Crippen LogP contribution in [0, 0.1) is 32.1 Å². The van der Waals surface area contributed by atoms with E-state index in [2.05, 4.69) is 16.5 Å². The Morgan fingerprint density at radius 3 is 2.62 bits per heavy atom. The summed E-state index contributed by atoms with van der Waals surface area (Å²) >= 11 is 1.39. The van der Waals surface area contributed by atoms with Crippen molar-refractivity contribution in [1.82, 2.24) is 5.16 Å². The zero-order valence-electron chi connectivity index (χ0n) is 13.5. The number of anilines is 1. The molecule has 1 aromatic carbocycles. The Morgan fingerprint density at radius 1 is 1.25 bits per heavy atom. The number of nitriles is 1. The molecule has 0 radical (unpaired) electrons. The van der Waals surface area contributed by atoms with Crippen LogP contribution in [0.5, 0.6) is 0 Å². The molecule has 1 N–H and O–H groups in total. The van der Waals surface area contributed by atoms with Crippen molar-refractivity contribution in [2.24, 2.45) is 0 Å². The number of benzene rings is 1. The number of hydrogen-bond acceptors (Lipinski definition) is 5. The number of amides is 1. The van der Waals surface area contributed by atoms with Gasteiger partial charge >= 0.3 is 0 Å². The second kappa shape index (κ2) is 6.30. The van der Waals surface area contributed by atoms with Crippen LogP contribution in [-0.4, -0.2) is 11.1 Å². The summed E-state index contributed by atoms with van der Waals surface area (Å²) in [5, 5.41) is 16.7. The van der Waals surface area contributed by atoms with E-state index in [0.717, 1.165) is 16.0 Å². The third kappa shape index (κ3) is 2.70. The minimum atomic E-state index is -0.328. The highest BCUT2D eigenvalue weighted by molar-refractivity contribution is 7.16. The fourth-order valence-corrected chi connectivity index (χ4v) is 3.45. The summed E-state index contributed by atoms with van der Waals surface area (Å²) in [6.07, 6.45) is 0. The van der Waals surface area contributed by atoms with E-state index in [1.165, 1.54) is 11.3 Å². The highest BCUT2D eigenvalue weighted by atomic mass is 32.1. The first kappa shape index (κ1) is 16.0. The molecule has 0 saturated carbocycles. The van der Waals surface area contributed by atoms with Gasteiger partial charge in [-0.15, -0.1) is 11.3 Å². The van der Waals surface area contributed by atoms with Crippen molar-refractivity contribution in [2.45, 2.75) is 20.8 Å². The van der Waals surface area contributed by atoms with E-state index < -0.39 is 0 Å². The Hall–Kier alpha value is -2.91. The summed E-state index contributed by atoms with van der Waals surface area (Å²) in [6, 6.07) is 11.5. The fourth-order valence-electron chi connectivity index (χ4n) is 2.45. The van der Waals surface area contributed by atoms with Crippen molar-refractivity contribution in [1.29, 1.82) is 5.26 Å². The molecule has 0 spiro atoms. The number of aromatic nitrogens is 1. The van der Waals surface area contributed by atoms with Gasteiger partial charge in [0.2, 0.25) is 0 Å². The maximum absolute atomic E-state index is 12.8. The standard InChI is InChI=1S/C18H15N3O2S/c1-10-12(3)24-18(14(10)9-19)20-17(22)15-11(2)23-21-16(15)13-7-5-4-6-8-13/h4-8H,1-3H3,(H,20,22). The van der Waals surface area contributed by atoms with Gasteiger partial charge in [-0.25, -0.2) is 0 Å². The second-order valence-electron chi connectivity index (χ2n) is 5.38. The molecule has 0 unspecified atom stereocenters. The molecule has 0 saturated heterocycles. The lowest BCUT2D eigenvalue weighted by Gasteiger charge is -2.04. The lowest BCUT2D eigenvalue weighted by molar-refractivity contribution is 0.102. The van der Waals surface area contributed by atoms with Gasteiger partial charge in [0.1, 0.15) is 28.1 Å². The summed E-state index contributed by atoms with van der Waals surface area (Å²) < 4.78 is 5.22. The molecule has 5 nitrogen and oxygen atoms in total. The molecule has 6 heteroatoms. The number of carbonyl (C=O) groups is 1. The Balaban J connectivity index is 1.99. The molecule has 0 fully saturated rings. The molecule has 24 heavy (non-hydrogen) atoms. The molecule has 3 aromatic rings. The molecular formula is C18H15N3O2S. The van der Waals surface area contributed by atoms with Crippen LogP contribution < -0.4 is 5.32 Å². The highest BCUT2D eigenvalue weighted by Gasteiger charge is 2.23. The van der Waals surface area contributed by atoms with E-state index in [9.17, 15) is 10.1 Å². The van der Waals surface area contributed by atoms with Crippen molar-refractivity contribution < 1.29 is 9.32 Å². The number of rotatable bonds is 3. The minimum Gasteiger partial charge on any atom is -0.360 e. The van der Waals surface area contributed by atoms with Crippen LogP contribution in [0.3, 0.4) is 0 Å². The van der Waals surface area contributed by atoms with Crippen LogP contribution in [0.25, 0.3) is 11.3 Å². The maximum atomic E-state index is 12.8. The first-order chi connectivity index (χ1) is 11.5. The first-order valence-electron chi connectivity index (χ1n) is 7.36. The van der Waals surface area contributed by atoms with Gasteiger partial charge in [0.15, 0.2) is 0 Å². The average Bonchev–Trinajstić information content (AvgIpc) is 3.09. The van der Waals surface area contributed by atoms with Crippen LogP contribution in [-0.2, 0) is 0 Å². The molecule has 2 heterocycles. The molecule has 1 amide bonds. The number of thiophene rings is 1. The predicted octanol–water partition coefficient (Wildman–Crippen LogP) is 4.45. The normalized spacial score (nSPS) is 10.4. The largest absolute Gasteiger partial charge is 0.360 e. The van der Waals surface area contributed by atoms with Gasteiger partial charge in [0, 0.05) is 10.4 Å². The Kier molecular flexibility index (Phi) is 4.19. The number of nitrogens with one attached hydrogen (secondary N) is 1. The van der Waals surface area contributed by atoms with E-state index in [1.807, 2.05) is 44.2 Å². The zero-order chi connectivity index (χ0) is 17.3. The van der Waals surface area contributed by atoms with Crippen LogP contribution in [0.2, 0.25) is 0 Å². The van der Waals surface area contributed by atoms with Crippen molar-refractivity contribution in [3.63, 3.8) is 0 Å². The molecule has 0 bridgehead atoms. The Bertz CT molecular complexity index is 949. The van der Waals surface area contributed by atoms with Gasteiger partial charge in [-0.1, -0.05) is 35.5 Å². The lowest BCUT2D eigenvalue weighted by atomic mass is 10.1. The first-order valence-corrected chi connectivity index (χ1v) is 8.17. The van der Waals surface area contributed by atoms with Crippen LogP contribution in [0.4, 0.5) is 5.00 Å². The van der Waals surface area contributed by atoms with E-state index in [4.69, 9.17) is 4.52 Å². The summed E-state index contributed by atoms with van der Waals surface area (Å²) in [4.78, 5) is 13.8. The van der Waals surface area contributed by atoms with Gasteiger partial charge in [0.05, 0.1) is 5.56 Å². The third-order valence-corrected chi connectivity index (χ3v) is 4.98. The zero-order valence-corrected chi connectivity index (χ0v) is 14.3. The number of aryl methyl sites for hydroxylation is 2. The minimum absolute atomic E-state index is 0.328. The molecule has 120 valence electrons. The summed E-state index contributed by atoms with van der Waals surface area (Å²) in [5.41, 5.74) is 3.07. The van der Waals surface area contributed by atoms with Crippen LogP contribution in [0.15, 0.2) is 34.9 Å². The molecular weight excluding hydrogens is 322 g/mol. The van der Waals surface area contributed by atoms with Crippen molar-refractivity contribution in [3.8, 4) is 17.3 Å². The van der Waals surface area contributed by atoms with Crippen LogP contribution >= 0.6 is 11.3 Å². The molecule has 0 atom stereocenters. The van der Waals surface area contributed by atoms with E-state index in [-0.39, 0.29) is 5.91 Å². The van der Waals surface area contributed by atoms with Crippen LogP contribution in [0.1, 0.15) is 32.1 Å². The molecule has 0 aliphatic rings. The SMILES string of the molecule is Cc1onc(-c2ccccc2)c1C(=O)Nc1sc(C)c(C)c1C#N. The smallest absolute Gasteiger partial charge is 0.262 e. The van der Waals surface area contributed by atoms with Gasteiger partial charge in [-0.05, 0) is 26.3 Å². The number of nitrogens with zero attached hydrogens (tertiary/aromatic N) is 2. The number of carbonyl (C=O) groups excluding carboxylic acids is 1. The van der Waals surface area contributed by atoms with E-state index in [0.29, 0.717) is 27.6 Å². The molecule has 2 aromatic heterocycles. The summed E-state index contributed by atoms with van der Waals surface area (Å²) in [7, 11) is 0. The molecule has 0 aliphatic carbocycles. The van der Waals surface area contributed by atoms with Gasteiger partial charge in [0.25, 0.3) is 5.91 Å². The Labute approximate surface area is 143 Å². The van der Waals surface area contributed by atoms with Gasteiger partial charge in [-0.3, -0.25) is 4.79 Å². The predicted molar refractivity (Wildman–Crippen MR) is 93.1 cm³/mol. The summed E-state index contributed by atoms with van der Waals surface area (Å²) in [5.74, 6) is 0.111. The van der Waals surface area contributed by atoms with Gasteiger partial charge in [-0.2, -0.15) is 5.26 Å². The number of hydrogen-bond donors (Lipinski definition) is 1. The quantitative estimate of drug-likeness (QED) is 0.765. The maximum Gasteiger partial charge on any atom is 0.262 e. The average molecular weight is 337 g/mol. The van der Waals surface area contributed by atoms with E-state index >= 15 is 0 Å². The highest BCUT2D eigenvalue weighted by Crippen LogP contribution is 2.33. The van der Waals surface area contributed by atoms with Crippen molar-refractivity contribution in [2.75, 3.05) is 5.32 Å². The monoisotopic (exact) mass is 337 g/mol. The second-order valence-corrected chi connectivity index (χ2v) is 6.61. The Morgan fingerprint density at radius 2 is 1.96 bits per heavy atom. The van der Waals surface area contributed by atoms with E-state index in [1.54, 1.807) is 6.92 Å². The third-order valence-electron chi connectivity index (χ3n) is 3.86. The van der Waals surface area contributed by atoms with Gasteiger partial charge < -0.3 is 9.84 Å². The topological polar surface area (TPSA) is 78.9 Å².